The molecule has 112 valence electrons. The third-order valence-corrected chi connectivity index (χ3v) is 5.27. The number of halogens is 1. The van der Waals surface area contributed by atoms with Crippen LogP contribution in [0.4, 0.5) is 5.69 Å². The number of thiophene rings is 1. The van der Waals surface area contributed by atoms with Gasteiger partial charge in [0.15, 0.2) is 0 Å². The molecule has 0 bridgehead atoms. The van der Waals surface area contributed by atoms with Crippen molar-refractivity contribution >= 4 is 33.0 Å². The summed E-state index contributed by atoms with van der Waals surface area (Å²) in [5.41, 5.74) is 0.882. The van der Waals surface area contributed by atoms with Gasteiger partial charge in [-0.2, -0.15) is 5.10 Å². The van der Waals surface area contributed by atoms with Crippen molar-refractivity contribution in [2.24, 2.45) is 0 Å². The Morgan fingerprint density at radius 2 is 2.05 bits per heavy atom. The van der Waals surface area contributed by atoms with Crippen molar-refractivity contribution in [3.63, 3.8) is 0 Å². The third kappa shape index (κ3) is 3.53. The quantitative estimate of drug-likeness (QED) is 0.829. The summed E-state index contributed by atoms with van der Waals surface area (Å²) in [6.07, 6.45) is 1.80. The molecular formula is C14H17BrN4OS. The van der Waals surface area contributed by atoms with Crippen molar-refractivity contribution in [1.29, 1.82) is 0 Å². The molecule has 7 heteroatoms. The van der Waals surface area contributed by atoms with Gasteiger partial charge in [0, 0.05) is 37.1 Å². The molecule has 1 aliphatic rings. The minimum Gasteiger partial charge on any atom is -0.368 e. The van der Waals surface area contributed by atoms with Crippen molar-refractivity contribution in [3.05, 3.63) is 43.4 Å². The number of aromatic nitrogens is 2. The maximum Gasteiger partial charge on any atom is 0.269 e. The largest absolute Gasteiger partial charge is 0.368 e. The van der Waals surface area contributed by atoms with Gasteiger partial charge in [-0.15, -0.1) is 11.3 Å². The van der Waals surface area contributed by atoms with Crippen LogP contribution >= 0.6 is 27.3 Å². The average molecular weight is 369 g/mol. The molecule has 0 saturated carbocycles. The molecule has 0 N–H and O–H groups in total. The van der Waals surface area contributed by atoms with Gasteiger partial charge in [-0.3, -0.25) is 4.79 Å². The van der Waals surface area contributed by atoms with Gasteiger partial charge >= 0.3 is 0 Å². The molecule has 1 fully saturated rings. The summed E-state index contributed by atoms with van der Waals surface area (Å²) in [6.45, 7) is 4.45. The molecule has 0 aliphatic carbocycles. The Morgan fingerprint density at radius 1 is 1.29 bits per heavy atom. The summed E-state index contributed by atoms with van der Waals surface area (Å²) in [4.78, 5) is 17.8. The first-order chi connectivity index (χ1) is 10.1. The van der Waals surface area contributed by atoms with Gasteiger partial charge in [0.05, 0.1) is 22.2 Å². The smallest absolute Gasteiger partial charge is 0.269 e. The van der Waals surface area contributed by atoms with E-state index in [1.807, 2.05) is 12.1 Å². The highest BCUT2D eigenvalue weighted by atomic mass is 79.9. The number of anilines is 1. The van der Waals surface area contributed by atoms with Crippen LogP contribution < -0.4 is 10.5 Å². The number of hydrogen-bond donors (Lipinski definition) is 0. The Morgan fingerprint density at radius 3 is 2.67 bits per heavy atom. The van der Waals surface area contributed by atoms with Gasteiger partial charge in [-0.1, -0.05) is 0 Å². The molecule has 5 nitrogen and oxygen atoms in total. The highest BCUT2D eigenvalue weighted by Gasteiger charge is 2.15. The molecule has 0 amide bonds. The number of piperazine rings is 1. The Balaban J connectivity index is 1.75. The van der Waals surface area contributed by atoms with E-state index in [2.05, 4.69) is 37.9 Å². The number of rotatable bonds is 3. The Kier molecular flexibility index (Phi) is 4.42. The van der Waals surface area contributed by atoms with E-state index in [1.165, 1.54) is 4.68 Å². The van der Waals surface area contributed by atoms with Crippen LogP contribution in [0.15, 0.2) is 33.0 Å². The summed E-state index contributed by atoms with van der Waals surface area (Å²) in [5, 5.41) is 4.32. The van der Waals surface area contributed by atoms with Gasteiger partial charge in [-0.25, -0.2) is 4.68 Å². The predicted octanol–water partition coefficient (Wildman–Crippen LogP) is 1.87. The normalized spacial score (nSPS) is 16.4. The van der Waals surface area contributed by atoms with E-state index in [-0.39, 0.29) is 5.56 Å². The average Bonchev–Trinajstić information content (AvgIpc) is 2.87. The maximum atomic E-state index is 12.2. The third-order valence-electron chi connectivity index (χ3n) is 3.66. The number of likely N-dealkylation sites (N-methyl/N-ethyl adjacent to an activating group) is 1. The first-order valence-corrected chi connectivity index (χ1v) is 8.47. The molecule has 0 radical (unpaired) electrons. The van der Waals surface area contributed by atoms with E-state index >= 15 is 0 Å². The monoisotopic (exact) mass is 368 g/mol. The predicted molar refractivity (Wildman–Crippen MR) is 89.3 cm³/mol. The standard InChI is InChI=1S/C14H17BrN4OS/c1-17-4-6-18(7-5-17)11-8-14(20)19(16-9-11)10-12-2-3-13(15)21-12/h2-3,8-9H,4-7,10H2,1H3. The van der Waals surface area contributed by atoms with E-state index in [0.29, 0.717) is 6.54 Å². The van der Waals surface area contributed by atoms with Crippen molar-refractivity contribution in [3.8, 4) is 0 Å². The molecular weight excluding hydrogens is 352 g/mol. The lowest BCUT2D eigenvalue weighted by Crippen LogP contribution is -2.45. The minimum atomic E-state index is -0.0454. The van der Waals surface area contributed by atoms with Crippen LogP contribution in [0.25, 0.3) is 0 Å². The molecule has 0 unspecified atom stereocenters. The molecule has 2 aromatic heterocycles. The van der Waals surface area contributed by atoms with E-state index in [9.17, 15) is 4.79 Å². The SMILES string of the molecule is CN1CCN(c2cnn(Cc3ccc(Br)s3)c(=O)c2)CC1. The van der Waals surface area contributed by atoms with Crippen LogP contribution in [0.3, 0.4) is 0 Å². The topological polar surface area (TPSA) is 41.4 Å². The minimum absolute atomic E-state index is 0.0454. The van der Waals surface area contributed by atoms with Crippen LogP contribution in [0.2, 0.25) is 0 Å². The van der Waals surface area contributed by atoms with Crippen molar-refractivity contribution < 1.29 is 0 Å². The van der Waals surface area contributed by atoms with E-state index < -0.39 is 0 Å². The van der Waals surface area contributed by atoms with Crippen LogP contribution in [-0.4, -0.2) is 47.9 Å². The van der Waals surface area contributed by atoms with Crippen LogP contribution in [0.1, 0.15) is 4.88 Å². The number of nitrogens with zero attached hydrogens (tertiary/aromatic N) is 4. The van der Waals surface area contributed by atoms with E-state index in [1.54, 1.807) is 23.6 Å². The van der Waals surface area contributed by atoms with E-state index in [4.69, 9.17) is 0 Å². The lowest BCUT2D eigenvalue weighted by atomic mass is 10.3. The van der Waals surface area contributed by atoms with Gasteiger partial charge in [0.25, 0.3) is 5.56 Å². The van der Waals surface area contributed by atoms with E-state index in [0.717, 1.165) is 40.5 Å². The van der Waals surface area contributed by atoms with Crippen molar-refractivity contribution in [1.82, 2.24) is 14.7 Å². The van der Waals surface area contributed by atoms with Gasteiger partial charge in [0.2, 0.25) is 0 Å². The molecule has 1 aliphatic heterocycles. The zero-order valence-electron chi connectivity index (χ0n) is 11.8. The molecule has 21 heavy (non-hydrogen) atoms. The second kappa shape index (κ2) is 6.29. The Bertz CT molecular complexity index is 676. The second-order valence-electron chi connectivity index (χ2n) is 5.21. The number of hydrogen-bond acceptors (Lipinski definition) is 5. The zero-order chi connectivity index (χ0) is 14.8. The molecule has 0 spiro atoms. The second-order valence-corrected chi connectivity index (χ2v) is 7.75. The summed E-state index contributed by atoms with van der Waals surface area (Å²) >= 11 is 5.06. The lowest BCUT2D eigenvalue weighted by Gasteiger charge is -2.33. The fourth-order valence-corrected chi connectivity index (χ4v) is 3.83. The molecule has 1 saturated heterocycles. The molecule has 3 heterocycles. The summed E-state index contributed by atoms with van der Waals surface area (Å²) in [6, 6.07) is 5.70. The molecule has 3 rings (SSSR count). The van der Waals surface area contributed by atoms with Crippen LogP contribution in [-0.2, 0) is 6.54 Å². The van der Waals surface area contributed by atoms with Gasteiger partial charge in [0.1, 0.15) is 0 Å². The zero-order valence-corrected chi connectivity index (χ0v) is 14.2. The van der Waals surface area contributed by atoms with Gasteiger partial charge < -0.3 is 9.80 Å². The first kappa shape index (κ1) is 14.7. The molecule has 2 aromatic rings. The highest BCUT2D eigenvalue weighted by Crippen LogP contribution is 2.22. The summed E-state index contributed by atoms with van der Waals surface area (Å²) < 4.78 is 2.58. The Hall–Kier alpha value is -1.18. The van der Waals surface area contributed by atoms with Gasteiger partial charge in [-0.05, 0) is 35.1 Å². The fraction of sp³-hybridized carbons (Fsp3) is 0.429. The van der Waals surface area contributed by atoms with Crippen molar-refractivity contribution in [2.45, 2.75) is 6.54 Å². The fourth-order valence-electron chi connectivity index (χ4n) is 2.36. The molecule has 0 atom stereocenters. The Labute approximate surface area is 135 Å². The van der Waals surface area contributed by atoms with Crippen molar-refractivity contribution in [2.75, 3.05) is 38.1 Å². The maximum absolute atomic E-state index is 12.2. The van der Waals surface area contributed by atoms with Crippen LogP contribution in [0.5, 0.6) is 0 Å². The summed E-state index contributed by atoms with van der Waals surface area (Å²) in [7, 11) is 2.12. The summed E-state index contributed by atoms with van der Waals surface area (Å²) in [5.74, 6) is 0. The highest BCUT2D eigenvalue weighted by molar-refractivity contribution is 9.11. The lowest BCUT2D eigenvalue weighted by molar-refractivity contribution is 0.312. The molecule has 0 aromatic carbocycles. The van der Waals surface area contributed by atoms with Crippen LogP contribution in [0, 0.1) is 0 Å². The first-order valence-electron chi connectivity index (χ1n) is 6.87.